The molecule has 0 spiro atoms. The molecular weight excluding hydrogens is 564 g/mol. The van der Waals surface area contributed by atoms with Crippen molar-refractivity contribution < 1.29 is 19.0 Å². The fourth-order valence-electron chi connectivity index (χ4n) is 5.11. The van der Waals surface area contributed by atoms with Gasteiger partial charge in [0.05, 0.1) is 17.2 Å². The van der Waals surface area contributed by atoms with Crippen LogP contribution in [0.1, 0.15) is 39.2 Å². The molecule has 208 valence electrons. The maximum absolute atomic E-state index is 13.3. The molecule has 1 aromatic heterocycles. The number of hydrogen-bond acceptors (Lipinski definition) is 7. The van der Waals surface area contributed by atoms with E-state index in [-0.39, 0.29) is 17.7 Å². The molecule has 0 N–H and O–H groups in total. The number of fused-ring (bicyclic) bond motifs is 2. The van der Waals surface area contributed by atoms with Crippen molar-refractivity contribution in [2.45, 2.75) is 58.3 Å². The van der Waals surface area contributed by atoms with Gasteiger partial charge in [0.25, 0.3) is 5.56 Å². The first-order valence-corrected chi connectivity index (χ1v) is 14.2. The summed E-state index contributed by atoms with van der Waals surface area (Å²) in [6.45, 7) is 10.1. The molecule has 1 amide bonds. The maximum atomic E-state index is 13.3. The molecule has 0 saturated carbocycles. The number of likely N-dealkylation sites (tertiary alicyclic amines) is 1. The fourth-order valence-corrected chi connectivity index (χ4v) is 5.46. The van der Waals surface area contributed by atoms with Crippen molar-refractivity contribution >= 4 is 33.1 Å². The highest BCUT2D eigenvalue weighted by molar-refractivity contribution is 9.10. The molecule has 39 heavy (non-hydrogen) atoms. The Kier molecular flexibility index (Phi) is 8.13. The summed E-state index contributed by atoms with van der Waals surface area (Å²) in [6.07, 6.45) is 2.72. The second kappa shape index (κ2) is 11.6. The van der Waals surface area contributed by atoms with Crippen LogP contribution in [0.15, 0.2) is 51.9 Å². The Balaban J connectivity index is 1.26. The van der Waals surface area contributed by atoms with Gasteiger partial charge in [0, 0.05) is 43.2 Å². The third-order valence-corrected chi connectivity index (χ3v) is 7.53. The third kappa shape index (κ3) is 6.73. The van der Waals surface area contributed by atoms with Crippen LogP contribution in [-0.2, 0) is 17.8 Å². The van der Waals surface area contributed by atoms with E-state index in [0.29, 0.717) is 32.1 Å². The molecule has 0 atom stereocenters. The number of ether oxygens (including phenoxy) is 3. The molecular formula is C29H35BrN4O5. The van der Waals surface area contributed by atoms with E-state index in [4.69, 9.17) is 14.2 Å². The molecule has 3 aromatic rings. The minimum absolute atomic E-state index is 0.0461. The summed E-state index contributed by atoms with van der Waals surface area (Å²) in [6, 6.07) is 11.7. The Bertz CT molecular complexity index is 1390. The van der Waals surface area contributed by atoms with Gasteiger partial charge in [0.1, 0.15) is 18.8 Å². The van der Waals surface area contributed by atoms with Gasteiger partial charge in [-0.2, -0.15) is 0 Å². The largest absolute Gasteiger partial charge is 0.486 e. The average molecular weight is 600 g/mol. The summed E-state index contributed by atoms with van der Waals surface area (Å²) in [5.41, 5.74) is 1.90. The molecule has 2 aliphatic rings. The zero-order valence-corrected chi connectivity index (χ0v) is 24.3. The summed E-state index contributed by atoms with van der Waals surface area (Å²) in [4.78, 5) is 34.4. The van der Waals surface area contributed by atoms with Crippen LogP contribution in [0.2, 0.25) is 0 Å². The maximum Gasteiger partial charge on any atom is 0.410 e. The van der Waals surface area contributed by atoms with Gasteiger partial charge >= 0.3 is 6.09 Å². The predicted molar refractivity (Wildman–Crippen MR) is 152 cm³/mol. The minimum atomic E-state index is -0.585. The van der Waals surface area contributed by atoms with Crippen molar-refractivity contribution in [3.8, 4) is 11.5 Å². The van der Waals surface area contributed by atoms with Gasteiger partial charge in [-0.1, -0.05) is 22.0 Å². The van der Waals surface area contributed by atoms with Crippen LogP contribution in [0.3, 0.4) is 0 Å². The number of carbonyl (C=O) groups is 1. The van der Waals surface area contributed by atoms with Gasteiger partial charge in [-0.15, -0.1) is 0 Å². The summed E-state index contributed by atoms with van der Waals surface area (Å²) < 4.78 is 19.9. The number of rotatable bonds is 6. The van der Waals surface area contributed by atoms with Crippen molar-refractivity contribution in [1.29, 1.82) is 0 Å². The van der Waals surface area contributed by atoms with Crippen molar-refractivity contribution in [3.63, 3.8) is 0 Å². The first-order valence-electron chi connectivity index (χ1n) is 13.4. The van der Waals surface area contributed by atoms with E-state index in [2.05, 4.69) is 25.8 Å². The number of halogens is 1. The predicted octanol–water partition coefficient (Wildman–Crippen LogP) is 4.83. The van der Waals surface area contributed by atoms with Crippen LogP contribution >= 0.6 is 15.9 Å². The highest BCUT2D eigenvalue weighted by atomic mass is 79.9. The van der Waals surface area contributed by atoms with E-state index < -0.39 is 5.60 Å². The van der Waals surface area contributed by atoms with Crippen molar-refractivity contribution in [2.24, 2.45) is 0 Å². The smallest absolute Gasteiger partial charge is 0.410 e. The minimum Gasteiger partial charge on any atom is -0.486 e. The van der Waals surface area contributed by atoms with Crippen LogP contribution in [0.5, 0.6) is 11.5 Å². The molecule has 0 aliphatic carbocycles. The first-order chi connectivity index (χ1) is 18.7. The lowest BCUT2D eigenvalue weighted by Crippen LogP contribution is -2.49. The second-order valence-corrected chi connectivity index (χ2v) is 12.0. The molecule has 1 saturated heterocycles. The van der Waals surface area contributed by atoms with Gasteiger partial charge in [0.15, 0.2) is 11.5 Å². The number of amides is 1. The van der Waals surface area contributed by atoms with Gasteiger partial charge in [-0.05, 0) is 69.5 Å². The van der Waals surface area contributed by atoms with E-state index in [0.717, 1.165) is 59.3 Å². The highest BCUT2D eigenvalue weighted by Gasteiger charge is 2.31. The zero-order chi connectivity index (χ0) is 27.6. The third-order valence-electron chi connectivity index (χ3n) is 7.03. The van der Waals surface area contributed by atoms with E-state index in [1.807, 2.05) is 62.1 Å². The SMILES string of the molecule is CC(C)(C)OC(=O)N(Cc1ccc2c(c1)OCCO2)C1CCN(CCn2c(=O)cnc3ccc(Br)cc32)CC1. The van der Waals surface area contributed by atoms with E-state index in [1.165, 1.54) is 6.20 Å². The number of benzene rings is 2. The van der Waals surface area contributed by atoms with Crippen molar-refractivity contribution in [1.82, 2.24) is 19.4 Å². The molecule has 2 aromatic carbocycles. The number of nitrogens with zero attached hydrogens (tertiary/aromatic N) is 4. The normalized spacial score (nSPS) is 16.3. The summed E-state index contributed by atoms with van der Waals surface area (Å²) in [5, 5.41) is 0. The van der Waals surface area contributed by atoms with Gasteiger partial charge < -0.3 is 28.6 Å². The Morgan fingerprint density at radius 2 is 1.82 bits per heavy atom. The molecule has 1 fully saturated rings. The standard InChI is InChI=1S/C29H35BrN4O5/c1-29(2,3)39-28(36)34(19-20-4-7-25-26(16-20)38-15-14-37-25)22-8-10-32(11-9-22)12-13-33-24-17-21(30)5-6-23(24)31-18-27(33)35/h4-7,16-18,22H,8-15,19H2,1-3H3. The summed E-state index contributed by atoms with van der Waals surface area (Å²) >= 11 is 3.50. The van der Waals surface area contributed by atoms with E-state index >= 15 is 0 Å². The summed E-state index contributed by atoms with van der Waals surface area (Å²) in [7, 11) is 0. The van der Waals surface area contributed by atoms with Crippen molar-refractivity contribution in [2.75, 3.05) is 32.8 Å². The molecule has 10 heteroatoms. The molecule has 9 nitrogen and oxygen atoms in total. The average Bonchev–Trinajstić information content (AvgIpc) is 2.90. The van der Waals surface area contributed by atoms with Crippen LogP contribution < -0.4 is 15.0 Å². The van der Waals surface area contributed by atoms with E-state index in [9.17, 15) is 9.59 Å². The Morgan fingerprint density at radius 1 is 1.08 bits per heavy atom. The lowest BCUT2D eigenvalue weighted by molar-refractivity contribution is 0.00562. The molecule has 0 bridgehead atoms. The van der Waals surface area contributed by atoms with Crippen LogP contribution in [0, 0.1) is 0 Å². The Hall–Kier alpha value is -3.11. The zero-order valence-electron chi connectivity index (χ0n) is 22.7. The monoisotopic (exact) mass is 598 g/mol. The molecule has 2 aliphatic heterocycles. The quantitative estimate of drug-likeness (QED) is 0.401. The number of aromatic nitrogens is 2. The molecule has 0 radical (unpaired) electrons. The molecule has 5 rings (SSSR count). The van der Waals surface area contributed by atoms with Gasteiger partial charge in [-0.25, -0.2) is 9.78 Å². The van der Waals surface area contributed by atoms with Crippen molar-refractivity contribution in [3.05, 3.63) is 63.0 Å². The second-order valence-electron chi connectivity index (χ2n) is 11.0. The number of hydrogen-bond donors (Lipinski definition) is 0. The number of piperidine rings is 1. The van der Waals surface area contributed by atoms with Crippen LogP contribution in [0.4, 0.5) is 4.79 Å². The number of carbonyl (C=O) groups excluding carboxylic acids is 1. The first kappa shape index (κ1) is 27.5. The summed E-state index contributed by atoms with van der Waals surface area (Å²) in [5.74, 6) is 1.44. The van der Waals surface area contributed by atoms with E-state index in [1.54, 1.807) is 4.57 Å². The molecule has 3 heterocycles. The molecule has 0 unspecified atom stereocenters. The van der Waals surface area contributed by atoms with Crippen LogP contribution in [0.25, 0.3) is 11.0 Å². The Morgan fingerprint density at radius 3 is 2.56 bits per heavy atom. The lowest BCUT2D eigenvalue weighted by atomic mass is 10.0. The Labute approximate surface area is 236 Å². The highest BCUT2D eigenvalue weighted by Crippen LogP contribution is 2.32. The van der Waals surface area contributed by atoms with Gasteiger partial charge in [0.2, 0.25) is 0 Å². The van der Waals surface area contributed by atoms with Gasteiger partial charge in [-0.3, -0.25) is 4.79 Å². The topological polar surface area (TPSA) is 86.1 Å². The fraction of sp³-hybridized carbons (Fsp3) is 0.483. The lowest BCUT2D eigenvalue weighted by Gasteiger charge is -2.39. The van der Waals surface area contributed by atoms with Crippen LogP contribution in [-0.4, -0.2) is 69.9 Å².